The number of rotatable bonds is 5. The van der Waals surface area contributed by atoms with Crippen molar-refractivity contribution < 1.29 is 29.3 Å². The van der Waals surface area contributed by atoms with Gasteiger partial charge in [0.1, 0.15) is 18.3 Å². The smallest absolute Gasteiger partial charge is 0.238 e. The van der Waals surface area contributed by atoms with Gasteiger partial charge in [-0.25, -0.2) is 0 Å². The standard InChI is InChI=1S/C25H41N3O6/c1-4-20-8-10-21(11-9-20)26-24(31)17-27-12-5-6-15-34-18-22(30)25(32)23(33-3)16-28(19(2)29)14-7-13-27/h8-11,22-23,25,30,32H,4-7,12-18H2,1-3H3,(H,26,31)/t22-,23-,25-/m0/s1. The molecule has 0 aromatic heterocycles. The van der Waals surface area contributed by atoms with E-state index in [1.54, 1.807) is 4.90 Å². The van der Waals surface area contributed by atoms with Crippen LogP contribution in [0.25, 0.3) is 0 Å². The highest BCUT2D eigenvalue weighted by Gasteiger charge is 2.29. The van der Waals surface area contributed by atoms with Crippen LogP contribution in [0, 0.1) is 0 Å². The summed E-state index contributed by atoms with van der Waals surface area (Å²) < 4.78 is 10.9. The van der Waals surface area contributed by atoms with Crippen molar-refractivity contribution in [3.8, 4) is 0 Å². The summed E-state index contributed by atoms with van der Waals surface area (Å²) in [7, 11) is 1.45. The SMILES string of the molecule is CCc1ccc(NC(=O)CN2CCCCOC[C@H](O)[C@H](O)[C@@H](OC)CN(C(C)=O)CCC2)cc1. The average Bonchev–Trinajstić information content (AvgIpc) is 2.82. The molecule has 1 heterocycles. The second-order valence-corrected chi connectivity index (χ2v) is 8.81. The van der Waals surface area contributed by atoms with Crippen LogP contribution in [-0.4, -0.2) is 103 Å². The Morgan fingerprint density at radius 2 is 1.82 bits per heavy atom. The monoisotopic (exact) mass is 479 g/mol. The van der Waals surface area contributed by atoms with Crippen molar-refractivity contribution in [2.45, 2.75) is 57.8 Å². The highest BCUT2D eigenvalue weighted by molar-refractivity contribution is 5.92. The van der Waals surface area contributed by atoms with Crippen LogP contribution in [0.1, 0.15) is 38.7 Å². The molecule has 9 nitrogen and oxygen atoms in total. The molecule has 34 heavy (non-hydrogen) atoms. The molecule has 9 heteroatoms. The molecule has 0 aliphatic carbocycles. The molecule has 2 amide bonds. The average molecular weight is 480 g/mol. The maximum absolute atomic E-state index is 12.7. The van der Waals surface area contributed by atoms with Crippen LogP contribution in [0.15, 0.2) is 24.3 Å². The molecule has 0 spiro atoms. The number of benzene rings is 1. The molecular weight excluding hydrogens is 438 g/mol. The van der Waals surface area contributed by atoms with Crippen molar-refractivity contribution in [2.24, 2.45) is 0 Å². The molecule has 1 aromatic rings. The van der Waals surface area contributed by atoms with Crippen LogP contribution in [0.5, 0.6) is 0 Å². The number of ether oxygens (including phenoxy) is 2. The van der Waals surface area contributed by atoms with E-state index in [1.807, 2.05) is 24.3 Å². The molecule has 1 aromatic carbocycles. The number of methoxy groups -OCH3 is 1. The molecule has 1 saturated heterocycles. The Hall–Kier alpha value is -2.04. The van der Waals surface area contributed by atoms with E-state index >= 15 is 0 Å². The number of hydrogen-bond donors (Lipinski definition) is 3. The minimum absolute atomic E-state index is 0.00988. The van der Waals surface area contributed by atoms with Crippen molar-refractivity contribution in [3.05, 3.63) is 29.8 Å². The predicted octanol–water partition coefficient (Wildman–Crippen LogP) is 1.28. The first kappa shape index (κ1) is 28.2. The maximum Gasteiger partial charge on any atom is 0.238 e. The topological polar surface area (TPSA) is 112 Å². The molecule has 1 aliphatic heterocycles. The Morgan fingerprint density at radius 3 is 2.47 bits per heavy atom. The van der Waals surface area contributed by atoms with Crippen LogP contribution in [0.4, 0.5) is 5.69 Å². The first-order valence-electron chi connectivity index (χ1n) is 12.2. The van der Waals surface area contributed by atoms with Gasteiger partial charge in [-0.05, 0) is 49.9 Å². The Labute approximate surface area is 203 Å². The van der Waals surface area contributed by atoms with Crippen molar-refractivity contribution in [2.75, 3.05) is 58.4 Å². The summed E-state index contributed by atoms with van der Waals surface area (Å²) >= 11 is 0. The summed E-state index contributed by atoms with van der Waals surface area (Å²) in [6.45, 7) is 6.26. The van der Waals surface area contributed by atoms with Gasteiger partial charge < -0.3 is 29.9 Å². The van der Waals surface area contributed by atoms with E-state index in [0.29, 0.717) is 26.1 Å². The molecule has 0 radical (unpaired) electrons. The zero-order valence-corrected chi connectivity index (χ0v) is 20.7. The Morgan fingerprint density at radius 1 is 1.12 bits per heavy atom. The van der Waals surface area contributed by atoms with E-state index in [1.165, 1.54) is 19.6 Å². The minimum atomic E-state index is -1.16. The van der Waals surface area contributed by atoms with Crippen LogP contribution in [0.2, 0.25) is 0 Å². The third-order valence-corrected chi connectivity index (χ3v) is 6.14. The second-order valence-electron chi connectivity index (χ2n) is 8.81. The zero-order valence-electron chi connectivity index (χ0n) is 20.7. The molecule has 1 fully saturated rings. The molecule has 3 atom stereocenters. The molecule has 0 bridgehead atoms. The van der Waals surface area contributed by atoms with Gasteiger partial charge in [-0.1, -0.05) is 19.1 Å². The molecule has 192 valence electrons. The van der Waals surface area contributed by atoms with Crippen LogP contribution in [0.3, 0.4) is 0 Å². The zero-order chi connectivity index (χ0) is 24.9. The van der Waals surface area contributed by atoms with Crippen LogP contribution >= 0.6 is 0 Å². The van der Waals surface area contributed by atoms with Gasteiger partial charge in [-0.3, -0.25) is 14.5 Å². The van der Waals surface area contributed by atoms with E-state index in [2.05, 4.69) is 17.1 Å². The van der Waals surface area contributed by atoms with Gasteiger partial charge in [0.05, 0.1) is 13.2 Å². The molecule has 0 saturated carbocycles. The number of anilines is 1. The van der Waals surface area contributed by atoms with E-state index in [9.17, 15) is 19.8 Å². The quantitative estimate of drug-likeness (QED) is 0.583. The largest absolute Gasteiger partial charge is 0.388 e. The summed E-state index contributed by atoms with van der Waals surface area (Å²) in [5, 5.41) is 23.7. The fourth-order valence-electron chi connectivity index (χ4n) is 3.99. The highest BCUT2D eigenvalue weighted by atomic mass is 16.5. The lowest BCUT2D eigenvalue weighted by Crippen LogP contribution is -2.48. The van der Waals surface area contributed by atoms with Crippen LogP contribution < -0.4 is 5.32 Å². The summed E-state index contributed by atoms with van der Waals surface area (Å²) in [5.74, 6) is -0.211. The van der Waals surface area contributed by atoms with E-state index < -0.39 is 18.3 Å². The summed E-state index contributed by atoms with van der Waals surface area (Å²) in [4.78, 5) is 28.5. The van der Waals surface area contributed by atoms with Crippen LogP contribution in [-0.2, 0) is 25.5 Å². The summed E-state index contributed by atoms with van der Waals surface area (Å²) in [5.41, 5.74) is 2.00. The predicted molar refractivity (Wildman–Crippen MR) is 131 cm³/mol. The van der Waals surface area contributed by atoms with Crippen molar-refractivity contribution in [3.63, 3.8) is 0 Å². The van der Waals surface area contributed by atoms with Gasteiger partial charge in [-0.2, -0.15) is 0 Å². The van der Waals surface area contributed by atoms with Crippen molar-refractivity contribution in [1.82, 2.24) is 9.80 Å². The number of aliphatic hydroxyl groups is 2. The minimum Gasteiger partial charge on any atom is -0.388 e. The molecule has 3 N–H and O–H groups in total. The fourth-order valence-corrected chi connectivity index (χ4v) is 3.99. The molecule has 2 rings (SSSR count). The second kappa shape index (κ2) is 15.1. The number of carbonyl (C=O) groups excluding carboxylic acids is 2. The van der Waals surface area contributed by atoms with E-state index in [4.69, 9.17) is 9.47 Å². The van der Waals surface area contributed by atoms with Gasteiger partial charge >= 0.3 is 0 Å². The van der Waals surface area contributed by atoms with E-state index in [-0.39, 0.29) is 31.5 Å². The third kappa shape index (κ3) is 9.68. The number of hydrogen-bond acceptors (Lipinski definition) is 7. The summed E-state index contributed by atoms with van der Waals surface area (Å²) in [6.07, 6.45) is 0.226. The number of aryl methyl sites for hydroxylation is 1. The summed E-state index contributed by atoms with van der Waals surface area (Å²) in [6, 6.07) is 7.86. The Kier molecular flexibility index (Phi) is 12.5. The molecular formula is C25H41N3O6. The van der Waals surface area contributed by atoms with Crippen molar-refractivity contribution >= 4 is 17.5 Å². The third-order valence-electron chi connectivity index (χ3n) is 6.14. The maximum atomic E-state index is 12.7. The number of aliphatic hydroxyl groups excluding tert-OH is 2. The lowest BCUT2D eigenvalue weighted by atomic mass is 10.1. The highest BCUT2D eigenvalue weighted by Crippen LogP contribution is 2.12. The number of carbonyl (C=O) groups is 2. The lowest BCUT2D eigenvalue weighted by Gasteiger charge is -2.31. The number of nitrogens with zero attached hydrogens (tertiary/aromatic N) is 2. The first-order chi connectivity index (χ1) is 16.3. The van der Waals surface area contributed by atoms with Crippen molar-refractivity contribution in [1.29, 1.82) is 0 Å². The van der Waals surface area contributed by atoms with Gasteiger partial charge in [0.25, 0.3) is 0 Å². The number of amides is 2. The van der Waals surface area contributed by atoms with Gasteiger partial charge in [-0.15, -0.1) is 0 Å². The van der Waals surface area contributed by atoms with Gasteiger partial charge in [0.15, 0.2) is 0 Å². The Balaban J connectivity index is 2.00. The Bertz CT molecular complexity index is 745. The number of nitrogens with one attached hydrogen (secondary N) is 1. The van der Waals surface area contributed by atoms with E-state index in [0.717, 1.165) is 31.5 Å². The van der Waals surface area contributed by atoms with Gasteiger partial charge in [0.2, 0.25) is 11.8 Å². The molecule has 1 aliphatic rings. The normalized spacial score (nSPS) is 24.1. The van der Waals surface area contributed by atoms with Gasteiger partial charge in [0, 0.05) is 46.0 Å². The lowest BCUT2D eigenvalue weighted by molar-refractivity contribution is -0.136. The molecule has 0 unspecified atom stereocenters. The fraction of sp³-hybridized carbons (Fsp3) is 0.680. The first-order valence-corrected chi connectivity index (χ1v) is 12.2.